The van der Waals surface area contributed by atoms with Crippen LogP contribution in [0.1, 0.15) is 65.7 Å². The fourth-order valence-electron chi connectivity index (χ4n) is 2.08. The third kappa shape index (κ3) is 7.05. The lowest BCUT2D eigenvalue weighted by Crippen LogP contribution is -2.24. The summed E-state index contributed by atoms with van der Waals surface area (Å²) in [4.78, 5) is 0. The molecule has 3 atom stereocenters. The van der Waals surface area contributed by atoms with E-state index in [2.05, 4.69) is 20.4 Å². The third-order valence-electron chi connectivity index (χ3n) is 3.51. The zero-order chi connectivity index (χ0) is 12.4. The molecule has 0 amide bonds. The summed E-state index contributed by atoms with van der Waals surface area (Å²) < 4.78 is 0. The number of aliphatic hydroxyl groups excluding tert-OH is 1. The smallest absolute Gasteiger partial charge is 0.0625 e. The highest BCUT2D eigenvalue weighted by Gasteiger charge is 2.18. The predicted octanol–water partition coefficient (Wildman–Crippen LogP) is 4.56. The second-order valence-electron chi connectivity index (χ2n) is 5.12. The van der Waals surface area contributed by atoms with Crippen molar-refractivity contribution < 1.29 is 5.11 Å². The minimum absolute atomic E-state index is 0.215. The van der Waals surface area contributed by atoms with Crippen LogP contribution in [0.4, 0.5) is 0 Å². The number of aliphatic hydroxyl groups is 1. The maximum Gasteiger partial charge on any atom is 0.0625 e. The summed E-state index contributed by atoms with van der Waals surface area (Å²) in [5, 5.41) is 9.96. The van der Waals surface area contributed by atoms with E-state index in [0.717, 1.165) is 6.42 Å². The first kappa shape index (κ1) is 15.7. The Balaban J connectivity index is 3.49. The summed E-state index contributed by atoms with van der Waals surface area (Å²) in [6.07, 6.45) is 10.8. The van der Waals surface area contributed by atoms with Gasteiger partial charge in [-0.15, -0.1) is 6.58 Å². The summed E-state index contributed by atoms with van der Waals surface area (Å²) in [5.41, 5.74) is 0. The van der Waals surface area contributed by atoms with Gasteiger partial charge in [0.05, 0.1) is 6.10 Å². The van der Waals surface area contributed by atoms with Gasteiger partial charge >= 0.3 is 0 Å². The molecule has 1 heteroatoms. The minimum Gasteiger partial charge on any atom is -0.392 e. The van der Waals surface area contributed by atoms with Crippen molar-refractivity contribution in [2.75, 3.05) is 0 Å². The summed E-state index contributed by atoms with van der Waals surface area (Å²) >= 11 is 0. The van der Waals surface area contributed by atoms with Crippen LogP contribution in [0.2, 0.25) is 0 Å². The topological polar surface area (TPSA) is 20.2 Å². The van der Waals surface area contributed by atoms with E-state index < -0.39 is 0 Å². The summed E-state index contributed by atoms with van der Waals surface area (Å²) in [5.74, 6) is 0.620. The normalized spacial score (nSPS) is 16.8. The number of unbranched alkanes of at least 4 members (excludes halogenated alkanes) is 5. The first-order valence-electron chi connectivity index (χ1n) is 6.94. The van der Waals surface area contributed by atoms with Crippen molar-refractivity contribution >= 4 is 0 Å². The number of rotatable bonds is 10. The second-order valence-corrected chi connectivity index (χ2v) is 5.12. The van der Waals surface area contributed by atoms with Crippen LogP contribution in [0.15, 0.2) is 12.7 Å². The Hall–Kier alpha value is -0.300. The molecule has 0 aromatic rings. The highest BCUT2D eigenvalue weighted by Crippen LogP contribution is 2.20. The Kier molecular flexibility index (Phi) is 9.71. The maximum absolute atomic E-state index is 9.96. The molecule has 1 nitrogen and oxygen atoms in total. The Morgan fingerprint density at radius 1 is 1.06 bits per heavy atom. The molecule has 0 aromatic carbocycles. The second kappa shape index (κ2) is 9.89. The van der Waals surface area contributed by atoms with Crippen molar-refractivity contribution in [2.45, 2.75) is 71.8 Å². The first-order valence-corrected chi connectivity index (χ1v) is 6.94. The molecule has 0 unspecified atom stereocenters. The monoisotopic (exact) mass is 226 g/mol. The van der Waals surface area contributed by atoms with Gasteiger partial charge in [0.1, 0.15) is 0 Å². The van der Waals surface area contributed by atoms with Crippen molar-refractivity contribution in [2.24, 2.45) is 11.8 Å². The molecule has 16 heavy (non-hydrogen) atoms. The van der Waals surface area contributed by atoms with Gasteiger partial charge in [-0.05, 0) is 18.3 Å². The molecular weight excluding hydrogens is 196 g/mol. The molecule has 0 saturated carbocycles. The summed E-state index contributed by atoms with van der Waals surface area (Å²) in [7, 11) is 0. The molecule has 0 radical (unpaired) electrons. The van der Waals surface area contributed by atoms with E-state index in [-0.39, 0.29) is 12.0 Å². The SMILES string of the molecule is C=C[C@@H](C)[C@@H](O)[C@H](C)CCCCCCCC. The Labute approximate surface area is 102 Å². The molecule has 1 N–H and O–H groups in total. The van der Waals surface area contributed by atoms with Gasteiger partial charge in [-0.2, -0.15) is 0 Å². The van der Waals surface area contributed by atoms with Gasteiger partial charge in [0.2, 0.25) is 0 Å². The van der Waals surface area contributed by atoms with Crippen LogP contribution in [0.25, 0.3) is 0 Å². The first-order chi connectivity index (χ1) is 7.63. The lowest BCUT2D eigenvalue weighted by Gasteiger charge is -2.22. The van der Waals surface area contributed by atoms with Crippen LogP contribution in [0.3, 0.4) is 0 Å². The van der Waals surface area contributed by atoms with Crippen molar-refractivity contribution in [1.29, 1.82) is 0 Å². The van der Waals surface area contributed by atoms with Crippen LogP contribution in [0.5, 0.6) is 0 Å². The van der Waals surface area contributed by atoms with E-state index in [4.69, 9.17) is 0 Å². The minimum atomic E-state index is -0.215. The van der Waals surface area contributed by atoms with Crippen molar-refractivity contribution in [1.82, 2.24) is 0 Å². The average Bonchev–Trinajstić information content (AvgIpc) is 2.31. The van der Waals surface area contributed by atoms with Gasteiger partial charge in [-0.1, -0.05) is 65.4 Å². The molecule has 0 aliphatic rings. The molecule has 0 spiro atoms. The van der Waals surface area contributed by atoms with Crippen molar-refractivity contribution in [3.63, 3.8) is 0 Å². The summed E-state index contributed by atoms with van der Waals surface area (Å²) in [6, 6.07) is 0. The van der Waals surface area contributed by atoms with Gasteiger partial charge in [0, 0.05) is 0 Å². The van der Waals surface area contributed by atoms with Gasteiger partial charge in [-0.3, -0.25) is 0 Å². The van der Waals surface area contributed by atoms with E-state index >= 15 is 0 Å². The van der Waals surface area contributed by atoms with Gasteiger partial charge < -0.3 is 5.11 Å². The van der Waals surface area contributed by atoms with E-state index in [1.165, 1.54) is 38.5 Å². The van der Waals surface area contributed by atoms with Crippen LogP contribution < -0.4 is 0 Å². The molecule has 0 aliphatic carbocycles. The Bertz CT molecular complexity index is 165. The van der Waals surface area contributed by atoms with Gasteiger partial charge in [0.15, 0.2) is 0 Å². The predicted molar refractivity (Wildman–Crippen MR) is 72.5 cm³/mol. The van der Waals surface area contributed by atoms with Gasteiger partial charge in [0.25, 0.3) is 0 Å². The third-order valence-corrected chi connectivity index (χ3v) is 3.51. The quantitative estimate of drug-likeness (QED) is 0.428. The Morgan fingerprint density at radius 2 is 1.62 bits per heavy atom. The van der Waals surface area contributed by atoms with E-state index in [1.807, 2.05) is 13.0 Å². The van der Waals surface area contributed by atoms with Crippen LogP contribution in [-0.2, 0) is 0 Å². The van der Waals surface area contributed by atoms with E-state index in [9.17, 15) is 5.11 Å². The molecule has 0 aliphatic heterocycles. The van der Waals surface area contributed by atoms with Crippen LogP contribution >= 0.6 is 0 Å². The fourth-order valence-corrected chi connectivity index (χ4v) is 2.08. The molecule has 96 valence electrons. The lowest BCUT2D eigenvalue weighted by atomic mass is 9.89. The molecular formula is C15H30O. The highest BCUT2D eigenvalue weighted by atomic mass is 16.3. The number of hydrogen-bond donors (Lipinski definition) is 1. The van der Waals surface area contributed by atoms with E-state index in [1.54, 1.807) is 0 Å². The molecule has 0 heterocycles. The zero-order valence-electron chi connectivity index (χ0n) is 11.4. The van der Waals surface area contributed by atoms with Crippen molar-refractivity contribution in [3.05, 3.63) is 12.7 Å². The Morgan fingerprint density at radius 3 is 2.19 bits per heavy atom. The standard InChI is InChI=1S/C15H30O/c1-5-7-8-9-10-11-12-14(4)15(16)13(3)6-2/h6,13-16H,2,5,7-12H2,1,3-4H3/t13-,14-,15-/m1/s1. The fraction of sp³-hybridized carbons (Fsp3) is 0.867. The number of hydrogen-bond acceptors (Lipinski definition) is 1. The van der Waals surface area contributed by atoms with E-state index in [0.29, 0.717) is 5.92 Å². The molecule has 0 saturated heterocycles. The average molecular weight is 226 g/mol. The zero-order valence-corrected chi connectivity index (χ0v) is 11.4. The van der Waals surface area contributed by atoms with Gasteiger partial charge in [-0.25, -0.2) is 0 Å². The molecule has 0 aromatic heterocycles. The highest BCUT2D eigenvalue weighted by molar-refractivity contribution is 4.83. The maximum atomic E-state index is 9.96. The lowest BCUT2D eigenvalue weighted by molar-refractivity contribution is 0.0778. The summed E-state index contributed by atoms with van der Waals surface area (Å²) in [6.45, 7) is 10.2. The molecule has 0 rings (SSSR count). The van der Waals surface area contributed by atoms with Crippen LogP contribution in [-0.4, -0.2) is 11.2 Å². The molecule has 0 bridgehead atoms. The van der Waals surface area contributed by atoms with Crippen LogP contribution in [0, 0.1) is 11.8 Å². The van der Waals surface area contributed by atoms with Crippen molar-refractivity contribution in [3.8, 4) is 0 Å². The molecule has 0 fully saturated rings. The largest absolute Gasteiger partial charge is 0.392 e.